The van der Waals surface area contributed by atoms with Crippen LogP contribution >= 0.6 is 0 Å². The number of aliphatic hydroxyl groups is 1. The first kappa shape index (κ1) is 25.2. The normalized spacial score (nSPS) is 21.2. The molecule has 8 nitrogen and oxygen atoms in total. The molecule has 2 heterocycles. The van der Waals surface area contributed by atoms with Gasteiger partial charge < -0.3 is 9.52 Å². The Morgan fingerprint density at radius 2 is 1.89 bits per heavy atom. The van der Waals surface area contributed by atoms with Crippen LogP contribution in [0.3, 0.4) is 0 Å². The molecule has 1 saturated heterocycles. The number of halogens is 2. The standard InChI is InChI=1S/C24H27F2N3O5S/c1-15-8-9-22(17-6-4-3-5-7-17)35(32,33)29(15)14-18-12-21(26)19(13-20(18)25)16(2)23-27-28(10-11-30)24(31)34-23/h3-7,12-13,15-16,22,30H,8-11,14H2,1-2H3/t15-,16?,22+/m0/s1. The van der Waals surface area contributed by atoms with E-state index in [0.717, 1.165) is 16.8 Å². The van der Waals surface area contributed by atoms with Crippen molar-refractivity contribution in [1.29, 1.82) is 0 Å². The molecule has 0 saturated carbocycles. The van der Waals surface area contributed by atoms with Crippen molar-refractivity contribution < 1.29 is 26.7 Å². The Balaban J connectivity index is 1.62. The van der Waals surface area contributed by atoms with Crippen LogP contribution in [0.15, 0.2) is 51.7 Å². The highest BCUT2D eigenvalue weighted by molar-refractivity contribution is 7.89. The molecular formula is C24H27F2N3O5S. The van der Waals surface area contributed by atoms with Crippen LogP contribution in [0.25, 0.3) is 0 Å². The molecule has 11 heteroatoms. The topological polar surface area (TPSA) is 106 Å². The van der Waals surface area contributed by atoms with Crippen LogP contribution in [0.2, 0.25) is 0 Å². The molecule has 35 heavy (non-hydrogen) atoms. The molecule has 0 aliphatic carbocycles. The lowest BCUT2D eigenvalue weighted by Crippen LogP contribution is -2.44. The summed E-state index contributed by atoms with van der Waals surface area (Å²) in [5.41, 5.74) is 0.498. The van der Waals surface area contributed by atoms with Gasteiger partial charge in [-0.3, -0.25) is 0 Å². The summed E-state index contributed by atoms with van der Waals surface area (Å²) < 4.78 is 64.2. The van der Waals surface area contributed by atoms with Crippen molar-refractivity contribution in [3.63, 3.8) is 0 Å². The van der Waals surface area contributed by atoms with Crippen LogP contribution in [0.5, 0.6) is 0 Å². The van der Waals surface area contributed by atoms with Gasteiger partial charge in [0.15, 0.2) is 0 Å². The van der Waals surface area contributed by atoms with Crippen molar-refractivity contribution in [3.05, 3.63) is 87.2 Å². The fourth-order valence-corrected chi connectivity index (χ4v) is 6.63. The molecule has 0 radical (unpaired) electrons. The number of benzene rings is 2. The quantitative estimate of drug-likeness (QED) is 0.526. The zero-order chi connectivity index (χ0) is 25.3. The minimum Gasteiger partial charge on any atom is -0.394 e. The zero-order valence-electron chi connectivity index (χ0n) is 19.4. The first-order chi connectivity index (χ1) is 16.6. The largest absolute Gasteiger partial charge is 0.437 e. The highest BCUT2D eigenvalue weighted by Gasteiger charge is 2.40. The molecule has 4 rings (SSSR count). The van der Waals surface area contributed by atoms with Crippen LogP contribution in [-0.4, -0.2) is 40.3 Å². The van der Waals surface area contributed by atoms with Crippen LogP contribution < -0.4 is 5.76 Å². The molecule has 1 fully saturated rings. The first-order valence-electron chi connectivity index (χ1n) is 11.4. The monoisotopic (exact) mass is 507 g/mol. The summed E-state index contributed by atoms with van der Waals surface area (Å²) in [6.07, 6.45) is 1.04. The average molecular weight is 508 g/mol. The van der Waals surface area contributed by atoms with Crippen molar-refractivity contribution in [3.8, 4) is 0 Å². The lowest BCUT2D eigenvalue weighted by molar-refractivity contribution is 0.264. The van der Waals surface area contributed by atoms with Gasteiger partial charge in [0.2, 0.25) is 15.9 Å². The Morgan fingerprint density at radius 3 is 2.57 bits per heavy atom. The maximum atomic E-state index is 15.1. The van der Waals surface area contributed by atoms with Crippen LogP contribution in [0.1, 0.15) is 60.4 Å². The lowest BCUT2D eigenvalue weighted by Gasteiger charge is -2.37. The number of sulfonamides is 1. The molecular weight excluding hydrogens is 480 g/mol. The third-order valence-electron chi connectivity index (χ3n) is 6.46. The van der Waals surface area contributed by atoms with E-state index in [-0.39, 0.29) is 42.8 Å². The van der Waals surface area contributed by atoms with Gasteiger partial charge in [0.1, 0.15) is 16.9 Å². The van der Waals surface area contributed by atoms with E-state index in [2.05, 4.69) is 5.10 Å². The predicted molar refractivity (Wildman–Crippen MR) is 124 cm³/mol. The van der Waals surface area contributed by atoms with Crippen molar-refractivity contribution in [2.24, 2.45) is 0 Å². The van der Waals surface area contributed by atoms with Gasteiger partial charge in [-0.25, -0.2) is 22.0 Å². The second-order valence-corrected chi connectivity index (χ2v) is 10.8. The van der Waals surface area contributed by atoms with E-state index in [9.17, 15) is 13.2 Å². The van der Waals surface area contributed by atoms with Crippen LogP contribution in [0, 0.1) is 11.6 Å². The smallest absolute Gasteiger partial charge is 0.394 e. The van der Waals surface area contributed by atoms with Crippen molar-refractivity contribution in [1.82, 2.24) is 14.1 Å². The van der Waals surface area contributed by atoms with Gasteiger partial charge in [-0.1, -0.05) is 30.3 Å². The highest BCUT2D eigenvalue weighted by Crippen LogP contribution is 2.38. The molecule has 3 aromatic rings. The Morgan fingerprint density at radius 1 is 1.17 bits per heavy atom. The zero-order valence-corrected chi connectivity index (χ0v) is 20.2. The average Bonchev–Trinajstić information content (AvgIpc) is 3.19. The molecule has 1 N–H and O–H groups in total. The molecule has 0 amide bonds. The van der Waals surface area contributed by atoms with E-state index in [1.807, 2.05) is 6.07 Å². The SMILES string of the molecule is CC(c1nn(CCO)c(=O)o1)c1cc(F)c(CN2[C@@H](C)CC[C@H](c3ccccc3)S2(=O)=O)cc1F. The Bertz CT molecular complexity index is 1360. The van der Waals surface area contributed by atoms with Crippen molar-refractivity contribution in [2.45, 2.75) is 57.0 Å². The van der Waals surface area contributed by atoms with E-state index in [1.54, 1.807) is 31.2 Å². The summed E-state index contributed by atoms with van der Waals surface area (Å²) in [6.45, 7) is 2.55. The van der Waals surface area contributed by atoms with Gasteiger partial charge in [-0.15, -0.1) is 5.10 Å². The number of aromatic nitrogens is 2. The summed E-state index contributed by atoms with van der Waals surface area (Å²) in [5, 5.41) is 12.2. The second-order valence-electron chi connectivity index (χ2n) is 8.76. The number of nitrogens with zero attached hydrogens (tertiary/aromatic N) is 3. The Labute approximate surface area is 201 Å². The van der Waals surface area contributed by atoms with E-state index in [1.165, 1.54) is 11.2 Å². The summed E-state index contributed by atoms with van der Waals surface area (Å²) in [7, 11) is -3.81. The van der Waals surface area contributed by atoms with E-state index in [4.69, 9.17) is 9.52 Å². The second kappa shape index (κ2) is 10.00. The lowest BCUT2D eigenvalue weighted by atomic mass is 9.98. The first-order valence-corrected chi connectivity index (χ1v) is 12.9. The molecule has 188 valence electrons. The fraction of sp³-hybridized carbons (Fsp3) is 0.417. The van der Waals surface area contributed by atoms with E-state index >= 15 is 8.78 Å². The highest BCUT2D eigenvalue weighted by atomic mass is 32.2. The number of aliphatic hydroxyl groups excluding tert-OH is 1. The molecule has 0 bridgehead atoms. The fourth-order valence-electron chi connectivity index (χ4n) is 4.44. The molecule has 0 spiro atoms. The maximum absolute atomic E-state index is 15.1. The molecule has 1 aliphatic heterocycles. The maximum Gasteiger partial charge on any atom is 0.437 e. The van der Waals surface area contributed by atoms with Gasteiger partial charge >= 0.3 is 5.76 Å². The number of hydrogen-bond acceptors (Lipinski definition) is 6. The van der Waals surface area contributed by atoms with E-state index in [0.29, 0.717) is 18.4 Å². The third-order valence-corrected chi connectivity index (χ3v) is 8.83. The van der Waals surface area contributed by atoms with Gasteiger partial charge in [-0.05, 0) is 44.4 Å². The summed E-state index contributed by atoms with van der Waals surface area (Å²) >= 11 is 0. The minimum absolute atomic E-state index is 0.0830. The van der Waals surface area contributed by atoms with Gasteiger partial charge in [0.05, 0.1) is 19.1 Å². The van der Waals surface area contributed by atoms with Gasteiger partial charge in [0, 0.05) is 23.7 Å². The van der Waals surface area contributed by atoms with Crippen LogP contribution in [-0.2, 0) is 23.1 Å². The molecule has 3 atom stereocenters. The number of hydrogen-bond donors (Lipinski definition) is 1. The Kier molecular flexibility index (Phi) is 7.20. The molecule has 1 unspecified atom stereocenters. The van der Waals surface area contributed by atoms with Crippen molar-refractivity contribution >= 4 is 10.0 Å². The third kappa shape index (κ3) is 4.93. The number of rotatable bonds is 7. The predicted octanol–water partition coefficient (Wildman–Crippen LogP) is 3.31. The summed E-state index contributed by atoms with van der Waals surface area (Å²) in [5.74, 6) is -3.35. The molecule has 1 aliphatic rings. The summed E-state index contributed by atoms with van der Waals surface area (Å²) in [4.78, 5) is 11.8. The van der Waals surface area contributed by atoms with Gasteiger partial charge in [-0.2, -0.15) is 8.99 Å². The molecule has 1 aromatic heterocycles. The van der Waals surface area contributed by atoms with Crippen LogP contribution in [0.4, 0.5) is 8.78 Å². The molecule has 2 aromatic carbocycles. The minimum atomic E-state index is -3.81. The summed E-state index contributed by atoms with van der Waals surface area (Å²) in [6, 6.07) is 10.5. The van der Waals surface area contributed by atoms with Crippen molar-refractivity contribution in [2.75, 3.05) is 6.61 Å². The van der Waals surface area contributed by atoms with E-state index < -0.39 is 38.6 Å². The van der Waals surface area contributed by atoms with Gasteiger partial charge in [0.25, 0.3) is 0 Å². The Hall–Kier alpha value is -2.89.